The number of anilines is 2. The average Bonchev–Trinajstić information content (AvgIpc) is 3.28. The molecule has 0 fully saturated rings. The van der Waals surface area contributed by atoms with E-state index in [0.717, 1.165) is 5.56 Å². The first-order valence-electron chi connectivity index (χ1n) is 9.97. The molecule has 0 aliphatic carbocycles. The number of ether oxygens (including phenoxy) is 3. The molecule has 5 aromatic rings. The van der Waals surface area contributed by atoms with Gasteiger partial charge in [-0.2, -0.15) is 5.10 Å². The van der Waals surface area contributed by atoms with Gasteiger partial charge in [-0.1, -0.05) is 0 Å². The number of hydrogen-bond donors (Lipinski definition) is 1. The van der Waals surface area contributed by atoms with Crippen LogP contribution in [0.25, 0.3) is 16.6 Å². The minimum absolute atomic E-state index is 0.250. The Labute approximate surface area is 187 Å². The van der Waals surface area contributed by atoms with E-state index in [-0.39, 0.29) is 5.39 Å². The maximum atomic E-state index is 14.8. The summed E-state index contributed by atoms with van der Waals surface area (Å²) in [4.78, 5) is 12.6. The van der Waals surface area contributed by atoms with Crippen LogP contribution < -0.4 is 19.5 Å². The third-order valence-electron chi connectivity index (χ3n) is 5.13. The molecule has 33 heavy (non-hydrogen) atoms. The van der Waals surface area contributed by atoms with Gasteiger partial charge in [0.15, 0.2) is 5.65 Å². The van der Waals surface area contributed by atoms with Crippen molar-refractivity contribution >= 4 is 28.1 Å². The number of aryl methyl sites for hydroxylation is 1. The van der Waals surface area contributed by atoms with E-state index in [2.05, 4.69) is 25.4 Å². The summed E-state index contributed by atoms with van der Waals surface area (Å²) in [6, 6.07) is 10.1. The Morgan fingerprint density at radius 3 is 2.61 bits per heavy atom. The van der Waals surface area contributed by atoms with Crippen molar-refractivity contribution in [1.29, 1.82) is 0 Å². The fraction of sp³-hybridized carbons (Fsp3) is 0.130. The first-order valence-corrected chi connectivity index (χ1v) is 9.97. The number of benzene rings is 2. The van der Waals surface area contributed by atoms with Crippen molar-refractivity contribution in [2.24, 2.45) is 0 Å². The van der Waals surface area contributed by atoms with Crippen LogP contribution in [0.5, 0.6) is 23.0 Å². The molecule has 0 spiro atoms. The van der Waals surface area contributed by atoms with Gasteiger partial charge in [0, 0.05) is 30.5 Å². The average molecular weight is 446 g/mol. The molecule has 0 aliphatic rings. The largest absolute Gasteiger partial charge is 0.497 e. The van der Waals surface area contributed by atoms with Crippen molar-refractivity contribution in [3.05, 3.63) is 66.6 Å². The van der Waals surface area contributed by atoms with Crippen LogP contribution in [0, 0.1) is 12.7 Å². The van der Waals surface area contributed by atoms with Gasteiger partial charge in [-0.05, 0) is 24.6 Å². The molecular weight excluding hydrogens is 427 g/mol. The molecule has 166 valence electrons. The van der Waals surface area contributed by atoms with Gasteiger partial charge in [0.05, 0.1) is 30.8 Å². The maximum Gasteiger partial charge on any atom is 0.158 e. The fourth-order valence-corrected chi connectivity index (χ4v) is 3.49. The van der Waals surface area contributed by atoms with Crippen molar-refractivity contribution in [3.63, 3.8) is 0 Å². The van der Waals surface area contributed by atoms with Crippen LogP contribution >= 0.6 is 0 Å². The molecule has 3 aromatic heterocycles. The Hall–Kier alpha value is -4.47. The van der Waals surface area contributed by atoms with Gasteiger partial charge in [0.1, 0.15) is 47.3 Å². The molecule has 2 aromatic carbocycles. The van der Waals surface area contributed by atoms with E-state index >= 15 is 0 Å². The van der Waals surface area contributed by atoms with Crippen molar-refractivity contribution in [2.45, 2.75) is 6.92 Å². The summed E-state index contributed by atoms with van der Waals surface area (Å²) in [5.74, 6) is 1.91. The van der Waals surface area contributed by atoms with E-state index in [0.29, 0.717) is 45.7 Å². The first-order chi connectivity index (χ1) is 16.1. The summed E-state index contributed by atoms with van der Waals surface area (Å²) < 4.78 is 33.2. The number of fused-ring (bicyclic) bond motifs is 2. The maximum absolute atomic E-state index is 14.8. The smallest absolute Gasteiger partial charge is 0.158 e. The molecule has 0 saturated carbocycles. The molecule has 0 radical (unpaired) electrons. The Morgan fingerprint density at radius 1 is 0.909 bits per heavy atom. The summed E-state index contributed by atoms with van der Waals surface area (Å²) in [7, 11) is 3.02. The quantitative estimate of drug-likeness (QED) is 0.402. The van der Waals surface area contributed by atoms with E-state index in [1.54, 1.807) is 42.1 Å². The van der Waals surface area contributed by atoms with Crippen LogP contribution in [0.4, 0.5) is 15.9 Å². The minimum Gasteiger partial charge on any atom is -0.497 e. The number of pyridine rings is 1. The molecule has 0 bridgehead atoms. The SMILES string of the molecule is COc1cc(F)c2c(Nc3cc(C)c(Oc4ccn5ncnc5c4)cc3OC)ncnc2c1. The standard InChI is InChI=1S/C23H19FN6O3/c1-13-6-17(29-23-22-16(24)7-15(31-2)8-18(22)25-11-27-23)20(32-3)10-19(13)33-14-4-5-30-21(9-14)26-12-28-30/h4-12H,1-3H3,(H,25,27,29). The van der Waals surface area contributed by atoms with Gasteiger partial charge in [0.2, 0.25) is 0 Å². The van der Waals surface area contributed by atoms with Crippen molar-refractivity contribution in [1.82, 2.24) is 24.6 Å². The highest BCUT2D eigenvalue weighted by Crippen LogP contribution is 2.38. The molecule has 9 nitrogen and oxygen atoms in total. The molecule has 0 unspecified atom stereocenters. The number of rotatable bonds is 6. The Balaban J connectivity index is 1.50. The van der Waals surface area contributed by atoms with Crippen molar-refractivity contribution in [3.8, 4) is 23.0 Å². The lowest BCUT2D eigenvalue weighted by Crippen LogP contribution is -2.01. The van der Waals surface area contributed by atoms with Crippen LogP contribution in [0.3, 0.4) is 0 Å². The second-order valence-corrected chi connectivity index (χ2v) is 7.20. The Bertz CT molecular complexity index is 1490. The van der Waals surface area contributed by atoms with Gasteiger partial charge in [-0.15, -0.1) is 0 Å². The highest BCUT2D eigenvalue weighted by molar-refractivity contribution is 5.92. The monoisotopic (exact) mass is 446 g/mol. The molecule has 0 amide bonds. The van der Waals surface area contributed by atoms with E-state index < -0.39 is 5.82 Å². The third-order valence-corrected chi connectivity index (χ3v) is 5.13. The summed E-state index contributed by atoms with van der Waals surface area (Å²) in [6.07, 6.45) is 4.61. The summed E-state index contributed by atoms with van der Waals surface area (Å²) in [5.41, 5.74) is 2.53. The number of nitrogens with one attached hydrogen (secondary N) is 1. The van der Waals surface area contributed by atoms with Gasteiger partial charge in [-0.25, -0.2) is 23.9 Å². The zero-order chi connectivity index (χ0) is 22.9. The van der Waals surface area contributed by atoms with E-state index in [1.807, 2.05) is 13.0 Å². The molecule has 3 heterocycles. The predicted octanol–water partition coefficient (Wildman–Crippen LogP) is 4.67. The van der Waals surface area contributed by atoms with Crippen molar-refractivity contribution in [2.75, 3.05) is 19.5 Å². The molecule has 5 rings (SSSR count). The van der Waals surface area contributed by atoms with Gasteiger partial charge >= 0.3 is 0 Å². The molecule has 1 N–H and O–H groups in total. The number of halogens is 1. The van der Waals surface area contributed by atoms with E-state index in [4.69, 9.17) is 14.2 Å². The van der Waals surface area contributed by atoms with E-state index in [1.165, 1.54) is 25.8 Å². The second kappa shape index (κ2) is 8.23. The lowest BCUT2D eigenvalue weighted by molar-refractivity contribution is 0.410. The number of aromatic nitrogens is 5. The molecule has 0 atom stereocenters. The normalized spacial score (nSPS) is 11.0. The molecular formula is C23H19FN6O3. The van der Waals surface area contributed by atoms with Gasteiger partial charge < -0.3 is 19.5 Å². The predicted molar refractivity (Wildman–Crippen MR) is 120 cm³/mol. The summed E-state index contributed by atoms with van der Waals surface area (Å²) in [6.45, 7) is 1.90. The van der Waals surface area contributed by atoms with Crippen LogP contribution in [-0.4, -0.2) is 38.8 Å². The summed E-state index contributed by atoms with van der Waals surface area (Å²) in [5, 5.41) is 7.49. The van der Waals surface area contributed by atoms with Gasteiger partial charge in [-0.3, -0.25) is 0 Å². The number of hydrogen-bond acceptors (Lipinski definition) is 8. The highest BCUT2D eigenvalue weighted by atomic mass is 19.1. The number of methoxy groups -OCH3 is 2. The van der Waals surface area contributed by atoms with Crippen LogP contribution in [0.1, 0.15) is 5.56 Å². The van der Waals surface area contributed by atoms with Crippen molar-refractivity contribution < 1.29 is 18.6 Å². The Morgan fingerprint density at radius 2 is 1.79 bits per heavy atom. The summed E-state index contributed by atoms with van der Waals surface area (Å²) >= 11 is 0. The molecule has 0 aliphatic heterocycles. The number of nitrogens with zero attached hydrogens (tertiary/aromatic N) is 5. The fourth-order valence-electron chi connectivity index (χ4n) is 3.49. The third kappa shape index (κ3) is 3.82. The first kappa shape index (κ1) is 20.4. The minimum atomic E-state index is -0.494. The lowest BCUT2D eigenvalue weighted by atomic mass is 10.1. The van der Waals surface area contributed by atoms with E-state index in [9.17, 15) is 4.39 Å². The molecule has 0 saturated heterocycles. The van der Waals surface area contributed by atoms with Gasteiger partial charge in [0.25, 0.3) is 0 Å². The van der Waals surface area contributed by atoms with Crippen LogP contribution in [0.15, 0.2) is 55.2 Å². The zero-order valence-electron chi connectivity index (χ0n) is 18.0. The van der Waals surface area contributed by atoms with Crippen LogP contribution in [0.2, 0.25) is 0 Å². The molecule has 10 heteroatoms. The lowest BCUT2D eigenvalue weighted by Gasteiger charge is -2.16. The highest BCUT2D eigenvalue weighted by Gasteiger charge is 2.16. The zero-order valence-corrected chi connectivity index (χ0v) is 18.0. The second-order valence-electron chi connectivity index (χ2n) is 7.20. The Kier molecular flexibility index (Phi) is 5.09. The topological polar surface area (TPSA) is 95.7 Å². The van der Waals surface area contributed by atoms with Crippen LogP contribution in [-0.2, 0) is 0 Å².